The van der Waals surface area contributed by atoms with Crippen LogP contribution in [-0.4, -0.2) is 23.6 Å². The second-order valence-electron chi connectivity index (χ2n) is 4.85. The van der Waals surface area contributed by atoms with Crippen LogP contribution < -0.4 is 9.64 Å². The van der Waals surface area contributed by atoms with Crippen molar-refractivity contribution in [2.24, 2.45) is 0 Å². The highest BCUT2D eigenvalue weighted by atomic mass is 35.5. The van der Waals surface area contributed by atoms with Crippen LogP contribution in [0.1, 0.15) is 15.9 Å². The largest absolute Gasteiger partial charge is 0.482 e. The number of rotatable bonds is 3. The van der Waals surface area contributed by atoms with E-state index >= 15 is 0 Å². The van der Waals surface area contributed by atoms with E-state index in [1.54, 1.807) is 12.1 Å². The maximum Gasteiger partial charge on any atom is 0.335 e. The van der Waals surface area contributed by atoms with Gasteiger partial charge in [0, 0.05) is 5.02 Å². The lowest BCUT2D eigenvalue weighted by molar-refractivity contribution is -0.121. The predicted octanol–water partition coefficient (Wildman–Crippen LogP) is 2.96. The van der Waals surface area contributed by atoms with Crippen molar-refractivity contribution in [2.45, 2.75) is 6.54 Å². The second kappa shape index (κ2) is 5.69. The molecule has 0 saturated heterocycles. The van der Waals surface area contributed by atoms with E-state index in [1.165, 1.54) is 17.0 Å². The van der Waals surface area contributed by atoms with Gasteiger partial charge in [-0.2, -0.15) is 0 Å². The number of amides is 1. The molecule has 1 heterocycles. The van der Waals surface area contributed by atoms with Gasteiger partial charge >= 0.3 is 5.97 Å². The Hall–Kier alpha value is -2.53. The summed E-state index contributed by atoms with van der Waals surface area (Å²) in [5.74, 6) is -0.815. The Morgan fingerprint density at radius 3 is 2.77 bits per heavy atom. The number of aromatic carboxylic acids is 1. The Bertz CT molecular complexity index is 760. The standard InChI is InChI=1S/C16H12ClNO4/c17-12-4-2-1-3-11(12)8-18-13-7-10(16(20)21)5-6-14(13)22-9-15(18)19/h1-7H,8-9H2,(H,20,21). The molecule has 5 nitrogen and oxygen atoms in total. The van der Waals surface area contributed by atoms with Gasteiger partial charge in [-0.25, -0.2) is 4.79 Å². The first kappa shape index (κ1) is 14.4. The van der Waals surface area contributed by atoms with Crippen LogP contribution in [0.2, 0.25) is 5.02 Å². The van der Waals surface area contributed by atoms with E-state index in [9.17, 15) is 9.59 Å². The average Bonchev–Trinajstić information content (AvgIpc) is 2.51. The summed E-state index contributed by atoms with van der Waals surface area (Å²) in [6.07, 6.45) is 0. The molecule has 0 atom stereocenters. The van der Waals surface area contributed by atoms with E-state index in [-0.39, 0.29) is 24.6 Å². The molecule has 0 fully saturated rings. The van der Waals surface area contributed by atoms with Crippen molar-refractivity contribution in [3.63, 3.8) is 0 Å². The van der Waals surface area contributed by atoms with Crippen molar-refractivity contribution >= 4 is 29.2 Å². The monoisotopic (exact) mass is 317 g/mol. The van der Waals surface area contributed by atoms with Crippen LogP contribution >= 0.6 is 11.6 Å². The van der Waals surface area contributed by atoms with Crippen molar-refractivity contribution in [3.8, 4) is 5.75 Å². The molecule has 0 spiro atoms. The smallest absolute Gasteiger partial charge is 0.335 e. The third-order valence-corrected chi connectivity index (χ3v) is 3.80. The van der Waals surface area contributed by atoms with Crippen molar-refractivity contribution in [1.82, 2.24) is 0 Å². The van der Waals surface area contributed by atoms with Gasteiger partial charge in [-0.3, -0.25) is 4.79 Å². The van der Waals surface area contributed by atoms with Gasteiger partial charge in [-0.05, 0) is 29.8 Å². The van der Waals surface area contributed by atoms with Gasteiger partial charge in [0.2, 0.25) is 0 Å². The summed E-state index contributed by atoms with van der Waals surface area (Å²) in [6, 6.07) is 11.7. The van der Waals surface area contributed by atoms with Gasteiger partial charge in [0.1, 0.15) is 5.75 Å². The van der Waals surface area contributed by atoms with Crippen LogP contribution in [0.5, 0.6) is 5.75 Å². The number of ether oxygens (including phenoxy) is 1. The molecule has 2 aromatic rings. The number of carboxylic acid groups (broad SMARTS) is 1. The lowest BCUT2D eigenvalue weighted by Crippen LogP contribution is -2.38. The summed E-state index contributed by atoms with van der Waals surface area (Å²) in [6.45, 7) is 0.182. The van der Waals surface area contributed by atoms with Crippen molar-refractivity contribution < 1.29 is 19.4 Å². The van der Waals surface area contributed by atoms with Crippen molar-refractivity contribution in [1.29, 1.82) is 0 Å². The van der Waals surface area contributed by atoms with Gasteiger partial charge in [-0.15, -0.1) is 0 Å². The van der Waals surface area contributed by atoms with E-state index in [1.807, 2.05) is 18.2 Å². The molecule has 0 aromatic heterocycles. The summed E-state index contributed by atoms with van der Waals surface area (Å²) < 4.78 is 5.35. The van der Waals surface area contributed by atoms with Gasteiger partial charge in [0.25, 0.3) is 5.91 Å². The molecule has 6 heteroatoms. The summed E-state index contributed by atoms with van der Waals surface area (Å²) in [5.41, 5.74) is 1.32. The Morgan fingerprint density at radius 1 is 1.27 bits per heavy atom. The zero-order chi connectivity index (χ0) is 15.7. The molecular weight excluding hydrogens is 306 g/mol. The van der Waals surface area contributed by atoms with Gasteiger partial charge in [0.15, 0.2) is 6.61 Å². The molecule has 22 heavy (non-hydrogen) atoms. The van der Waals surface area contributed by atoms with E-state index < -0.39 is 5.97 Å². The SMILES string of the molecule is O=C(O)c1ccc2c(c1)N(Cc1ccccc1Cl)C(=O)CO2. The number of halogens is 1. The summed E-state index contributed by atoms with van der Waals surface area (Å²) in [5, 5.41) is 9.66. The number of carbonyl (C=O) groups is 2. The van der Waals surface area contributed by atoms with Gasteiger partial charge < -0.3 is 14.7 Å². The lowest BCUT2D eigenvalue weighted by atomic mass is 10.1. The van der Waals surface area contributed by atoms with E-state index in [0.29, 0.717) is 16.5 Å². The molecule has 1 N–H and O–H groups in total. The number of fused-ring (bicyclic) bond motifs is 1. The number of carbonyl (C=O) groups excluding carboxylic acids is 1. The zero-order valence-electron chi connectivity index (χ0n) is 11.5. The number of nitrogens with zero attached hydrogens (tertiary/aromatic N) is 1. The third-order valence-electron chi connectivity index (χ3n) is 3.44. The summed E-state index contributed by atoms with van der Waals surface area (Å²) >= 11 is 6.14. The second-order valence-corrected chi connectivity index (χ2v) is 5.25. The predicted molar refractivity (Wildman–Crippen MR) is 81.5 cm³/mol. The van der Waals surface area contributed by atoms with Crippen LogP contribution in [0.25, 0.3) is 0 Å². The molecule has 3 rings (SSSR count). The highest BCUT2D eigenvalue weighted by Gasteiger charge is 2.27. The van der Waals surface area contributed by atoms with E-state index in [2.05, 4.69) is 0 Å². The Labute approximate surface area is 131 Å². The Morgan fingerprint density at radius 2 is 2.05 bits per heavy atom. The number of hydrogen-bond acceptors (Lipinski definition) is 3. The normalized spacial score (nSPS) is 13.5. The van der Waals surface area contributed by atoms with Gasteiger partial charge in [0.05, 0.1) is 17.8 Å². The molecule has 0 radical (unpaired) electrons. The van der Waals surface area contributed by atoms with Crippen molar-refractivity contribution in [3.05, 3.63) is 58.6 Å². The minimum atomic E-state index is -1.06. The summed E-state index contributed by atoms with van der Waals surface area (Å²) in [4.78, 5) is 24.8. The minimum Gasteiger partial charge on any atom is -0.482 e. The Kier molecular flexibility index (Phi) is 3.73. The topological polar surface area (TPSA) is 66.8 Å². The average molecular weight is 318 g/mol. The number of benzene rings is 2. The fourth-order valence-electron chi connectivity index (χ4n) is 2.31. The molecule has 1 amide bonds. The number of carboxylic acids is 1. The van der Waals surface area contributed by atoms with E-state index in [4.69, 9.17) is 21.4 Å². The molecule has 2 aromatic carbocycles. The lowest BCUT2D eigenvalue weighted by Gasteiger charge is -2.30. The van der Waals surface area contributed by atoms with Crippen LogP contribution in [0, 0.1) is 0 Å². The molecule has 0 saturated carbocycles. The van der Waals surface area contributed by atoms with Crippen LogP contribution in [0.15, 0.2) is 42.5 Å². The molecule has 0 bridgehead atoms. The summed E-state index contributed by atoms with van der Waals surface area (Å²) in [7, 11) is 0. The molecular formula is C16H12ClNO4. The maximum absolute atomic E-state index is 12.2. The van der Waals surface area contributed by atoms with Crippen molar-refractivity contribution in [2.75, 3.05) is 11.5 Å². The quantitative estimate of drug-likeness (QED) is 0.945. The van der Waals surface area contributed by atoms with Gasteiger partial charge in [-0.1, -0.05) is 29.8 Å². The van der Waals surface area contributed by atoms with Crippen LogP contribution in [0.4, 0.5) is 5.69 Å². The first-order chi connectivity index (χ1) is 10.6. The molecule has 0 aliphatic carbocycles. The number of hydrogen-bond donors (Lipinski definition) is 1. The van der Waals surface area contributed by atoms with Crippen LogP contribution in [0.3, 0.4) is 0 Å². The Balaban J connectivity index is 2.01. The molecule has 1 aliphatic rings. The highest BCUT2D eigenvalue weighted by molar-refractivity contribution is 6.31. The fraction of sp³-hybridized carbons (Fsp3) is 0.125. The highest BCUT2D eigenvalue weighted by Crippen LogP contribution is 2.34. The zero-order valence-corrected chi connectivity index (χ0v) is 12.2. The fourth-order valence-corrected chi connectivity index (χ4v) is 2.50. The van der Waals surface area contributed by atoms with E-state index in [0.717, 1.165) is 5.56 Å². The first-order valence-electron chi connectivity index (χ1n) is 6.60. The maximum atomic E-state index is 12.2. The number of anilines is 1. The molecule has 1 aliphatic heterocycles. The molecule has 0 unspecified atom stereocenters. The third kappa shape index (κ3) is 2.63. The minimum absolute atomic E-state index is 0.0795. The first-order valence-corrected chi connectivity index (χ1v) is 6.98. The molecule has 112 valence electrons. The van der Waals surface area contributed by atoms with Crippen LogP contribution in [-0.2, 0) is 11.3 Å².